The summed E-state index contributed by atoms with van der Waals surface area (Å²) in [5.74, 6) is 0.873. The van der Waals surface area contributed by atoms with Gasteiger partial charge in [-0.15, -0.1) is 0 Å². The lowest BCUT2D eigenvalue weighted by Gasteiger charge is -2.13. The molecule has 0 spiro atoms. The van der Waals surface area contributed by atoms with Gasteiger partial charge in [-0.3, -0.25) is 0 Å². The molecule has 1 aromatic carbocycles. The van der Waals surface area contributed by atoms with Gasteiger partial charge in [-0.05, 0) is 59.5 Å². The zero-order valence-electron chi connectivity index (χ0n) is 8.80. The van der Waals surface area contributed by atoms with E-state index in [2.05, 4.69) is 34.0 Å². The molecule has 1 saturated carbocycles. The normalized spacial score (nSPS) is 16.9. The predicted octanol–water partition coefficient (Wildman–Crippen LogP) is 3.48. The Hall–Kier alpha value is -0.450. The van der Waals surface area contributed by atoms with Crippen LogP contribution in [0.1, 0.15) is 25.7 Å². The van der Waals surface area contributed by atoms with E-state index in [0.29, 0.717) is 0 Å². The van der Waals surface area contributed by atoms with E-state index in [1.54, 1.807) is 0 Å². The highest BCUT2D eigenvalue weighted by molar-refractivity contribution is 14.1. The molecule has 2 rings (SSSR count). The van der Waals surface area contributed by atoms with Gasteiger partial charge >= 0.3 is 0 Å². The lowest BCUT2D eigenvalue weighted by Crippen LogP contribution is -2.11. The molecule has 0 saturated heterocycles. The summed E-state index contributed by atoms with van der Waals surface area (Å²) in [4.78, 5) is 0. The third-order valence-corrected chi connectivity index (χ3v) is 3.94. The van der Waals surface area contributed by atoms with Crippen LogP contribution < -0.4 is 11.1 Å². The second-order valence-electron chi connectivity index (χ2n) is 4.27. The lowest BCUT2D eigenvalue weighted by molar-refractivity contribution is 0.580. The molecule has 0 aromatic heterocycles. The van der Waals surface area contributed by atoms with E-state index in [1.165, 1.54) is 34.9 Å². The van der Waals surface area contributed by atoms with Crippen LogP contribution in [0.15, 0.2) is 18.2 Å². The number of nitrogens with one attached hydrogen (secondary N) is 1. The molecule has 3 N–H and O–H groups in total. The molecule has 1 fully saturated rings. The molecule has 0 unspecified atom stereocenters. The molecule has 82 valence electrons. The third-order valence-electron chi connectivity index (χ3n) is 3.05. The molecule has 15 heavy (non-hydrogen) atoms. The second-order valence-corrected chi connectivity index (χ2v) is 5.43. The molecular weight excluding hydrogens is 299 g/mol. The first-order valence-corrected chi connectivity index (χ1v) is 6.62. The smallest absolute Gasteiger partial charge is 0.0477 e. The van der Waals surface area contributed by atoms with Crippen molar-refractivity contribution in [2.45, 2.75) is 25.7 Å². The molecule has 0 aliphatic heterocycles. The van der Waals surface area contributed by atoms with Gasteiger partial charge in [-0.2, -0.15) is 0 Å². The Morgan fingerprint density at radius 1 is 1.33 bits per heavy atom. The van der Waals surface area contributed by atoms with E-state index in [-0.39, 0.29) is 0 Å². The SMILES string of the molecule is Nc1ccc(NCC2CCCC2)c(I)c1. The van der Waals surface area contributed by atoms with Gasteiger partial charge in [-0.1, -0.05) is 12.8 Å². The summed E-state index contributed by atoms with van der Waals surface area (Å²) in [5, 5.41) is 3.52. The largest absolute Gasteiger partial charge is 0.399 e. The summed E-state index contributed by atoms with van der Waals surface area (Å²) in [5.41, 5.74) is 7.77. The number of hydrogen-bond donors (Lipinski definition) is 2. The Bertz CT molecular complexity index is 332. The van der Waals surface area contributed by atoms with E-state index in [0.717, 1.165) is 18.2 Å². The minimum Gasteiger partial charge on any atom is -0.399 e. The lowest BCUT2D eigenvalue weighted by atomic mass is 10.1. The Labute approximate surface area is 105 Å². The first kappa shape index (κ1) is 11.0. The molecule has 2 nitrogen and oxygen atoms in total. The van der Waals surface area contributed by atoms with Crippen molar-refractivity contribution in [2.24, 2.45) is 5.92 Å². The fourth-order valence-electron chi connectivity index (χ4n) is 2.14. The molecule has 0 bridgehead atoms. The first-order valence-electron chi connectivity index (χ1n) is 5.54. The van der Waals surface area contributed by atoms with Crippen molar-refractivity contribution in [3.8, 4) is 0 Å². The highest BCUT2D eigenvalue weighted by atomic mass is 127. The number of rotatable bonds is 3. The zero-order chi connectivity index (χ0) is 10.7. The van der Waals surface area contributed by atoms with Gasteiger partial charge in [0.1, 0.15) is 0 Å². The summed E-state index contributed by atoms with van der Waals surface area (Å²) in [6.45, 7) is 1.11. The van der Waals surface area contributed by atoms with Gasteiger partial charge in [0, 0.05) is 21.5 Å². The number of benzene rings is 1. The monoisotopic (exact) mass is 316 g/mol. The topological polar surface area (TPSA) is 38.0 Å². The van der Waals surface area contributed by atoms with Crippen molar-refractivity contribution in [3.63, 3.8) is 0 Å². The number of nitrogens with two attached hydrogens (primary N) is 1. The van der Waals surface area contributed by atoms with E-state index >= 15 is 0 Å². The second kappa shape index (κ2) is 5.05. The number of nitrogen functional groups attached to an aromatic ring is 1. The molecule has 0 heterocycles. The van der Waals surface area contributed by atoms with Gasteiger partial charge in [0.25, 0.3) is 0 Å². The number of anilines is 2. The maximum atomic E-state index is 5.71. The van der Waals surface area contributed by atoms with Crippen LogP contribution in [-0.2, 0) is 0 Å². The van der Waals surface area contributed by atoms with Gasteiger partial charge < -0.3 is 11.1 Å². The Kier molecular flexibility index (Phi) is 3.72. The molecule has 0 radical (unpaired) electrons. The van der Waals surface area contributed by atoms with Crippen molar-refractivity contribution in [2.75, 3.05) is 17.6 Å². The average Bonchev–Trinajstić information content (AvgIpc) is 2.69. The highest BCUT2D eigenvalue weighted by Gasteiger charge is 2.14. The van der Waals surface area contributed by atoms with Crippen LogP contribution in [0.4, 0.5) is 11.4 Å². The van der Waals surface area contributed by atoms with Crippen molar-refractivity contribution in [1.29, 1.82) is 0 Å². The number of hydrogen-bond acceptors (Lipinski definition) is 2. The Morgan fingerprint density at radius 2 is 2.07 bits per heavy atom. The standard InChI is InChI=1S/C12H17IN2/c13-11-7-10(14)5-6-12(11)15-8-9-3-1-2-4-9/h5-7,9,15H,1-4,8,14H2. The molecule has 0 amide bonds. The van der Waals surface area contributed by atoms with Crippen LogP contribution in [-0.4, -0.2) is 6.54 Å². The Balaban J connectivity index is 1.92. The predicted molar refractivity (Wildman–Crippen MR) is 74.0 cm³/mol. The van der Waals surface area contributed by atoms with Crippen molar-refractivity contribution in [3.05, 3.63) is 21.8 Å². The summed E-state index contributed by atoms with van der Waals surface area (Å²) in [6.07, 6.45) is 5.59. The molecular formula is C12H17IN2. The summed E-state index contributed by atoms with van der Waals surface area (Å²) < 4.78 is 1.21. The fourth-order valence-corrected chi connectivity index (χ4v) is 2.87. The summed E-state index contributed by atoms with van der Waals surface area (Å²) in [7, 11) is 0. The van der Waals surface area contributed by atoms with Gasteiger partial charge in [0.05, 0.1) is 0 Å². The van der Waals surface area contributed by atoms with Crippen molar-refractivity contribution >= 4 is 34.0 Å². The molecule has 1 aliphatic carbocycles. The minimum absolute atomic E-state index is 0.839. The van der Waals surface area contributed by atoms with E-state index in [4.69, 9.17) is 5.73 Å². The van der Waals surface area contributed by atoms with Crippen LogP contribution in [0.5, 0.6) is 0 Å². The molecule has 3 heteroatoms. The maximum Gasteiger partial charge on any atom is 0.0477 e. The van der Waals surface area contributed by atoms with E-state index in [9.17, 15) is 0 Å². The van der Waals surface area contributed by atoms with Crippen LogP contribution in [0.25, 0.3) is 0 Å². The molecule has 0 atom stereocenters. The maximum absolute atomic E-state index is 5.71. The summed E-state index contributed by atoms with van der Waals surface area (Å²) in [6, 6.07) is 6.04. The fraction of sp³-hybridized carbons (Fsp3) is 0.500. The first-order chi connectivity index (χ1) is 7.25. The highest BCUT2D eigenvalue weighted by Crippen LogP contribution is 2.26. The summed E-state index contributed by atoms with van der Waals surface area (Å²) >= 11 is 2.33. The van der Waals surface area contributed by atoms with E-state index in [1.807, 2.05) is 12.1 Å². The van der Waals surface area contributed by atoms with Crippen LogP contribution in [0.3, 0.4) is 0 Å². The quantitative estimate of drug-likeness (QED) is 0.662. The van der Waals surface area contributed by atoms with Crippen molar-refractivity contribution in [1.82, 2.24) is 0 Å². The number of halogens is 1. The zero-order valence-corrected chi connectivity index (χ0v) is 11.0. The van der Waals surface area contributed by atoms with Gasteiger partial charge in [0.2, 0.25) is 0 Å². The van der Waals surface area contributed by atoms with Gasteiger partial charge in [-0.25, -0.2) is 0 Å². The average molecular weight is 316 g/mol. The van der Waals surface area contributed by atoms with Gasteiger partial charge in [0.15, 0.2) is 0 Å². The van der Waals surface area contributed by atoms with Crippen LogP contribution >= 0.6 is 22.6 Å². The molecule has 1 aliphatic rings. The Morgan fingerprint density at radius 3 is 2.73 bits per heavy atom. The third kappa shape index (κ3) is 3.00. The van der Waals surface area contributed by atoms with Crippen molar-refractivity contribution < 1.29 is 0 Å². The van der Waals surface area contributed by atoms with Crippen LogP contribution in [0.2, 0.25) is 0 Å². The minimum atomic E-state index is 0.839. The van der Waals surface area contributed by atoms with Crippen LogP contribution in [0, 0.1) is 9.49 Å². The van der Waals surface area contributed by atoms with E-state index < -0.39 is 0 Å². The molecule has 1 aromatic rings.